The van der Waals surface area contributed by atoms with Gasteiger partial charge in [0, 0.05) is 6.04 Å². The Labute approximate surface area is 142 Å². The van der Waals surface area contributed by atoms with Gasteiger partial charge in [0.1, 0.15) is 44.3 Å². The van der Waals surface area contributed by atoms with Crippen LogP contribution in [0.3, 0.4) is 0 Å². The zero-order valence-electron chi connectivity index (χ0n) is 14.5. The lowest BCUT2D eigenvalue weighted by Crippen LogP contribution is -3.29. The van der Waals surface area contributed by atoms with Gasteiger partial charge in [0.05, 0.1) is 12.7 Å². The number of halogens is 1. The molecule has 5 nitrogen and oxygen atoms in total. The molecule has 0 aromatic heterocycles. The molecule has 1 saturated carbocycles. The molecule has 1 atom stereocenters. The molecular formula is C18H28FN3O2+2. The van der Waals surface area contributed by atoms with Gasteiger partial charge in [0.15, 0.2) is 6.04 Å². The monoisotopic (exact) mass is 337 g/mol. The number of rotatable bonds is 6. The summed E-state index contributed by atoms with van der Waals surface area (Å²) < 4.78 is 18.8. The Morgan fingerprint density at radius 1 is 1.33 bits per heavy atom. The van der Waals surface area contributed by atoms with Crippen LogP contribution in [0, 0.1) is 5.82 Å². The van der Waals surface area contributed by atoms with E-state index < -0.39 is 0 Å². The van der Waals surface area contributed by atoms with E-state index in [-0.39, 0.29) is 17.8 Å². The third kappa shape index (κ3) is 4.24. The minimum atomic E-state index is -0.222. The molecule has 1 heterocycles. The number of quaternary nitrogens is 2. The van der Waals surface area contributed by atoms with Gasteiger partial charge in [-0.25, -0.2) is 4.39 Å². The molecule has 0 bridgehead atoms. The molecule has 3 rings (SSSR count). The molecule has 132 valence electrons. The summed E-state index contributed by atoms with van der Waals surface area (Å²) in [7, 11) is 1.62. The number of piperazine rings is 1. The summed E-state index contributed by atoms with van der Waals surface area (Å²) in [5.41, 5.74) is 0.912. The van der Waals surface area contributed by atoms with Crippen molar-refractivity contribution in [2.45, 2.75) is 38.4 Å². The van der Waals surface area contributed by atoms with Gasteiger partial charge in [-0.2, -0.15) is 0 Å². The molecule has 1 aliphatic carbocycles. The molecule has 0 spiro atoms. The van der Waals surface area contributed by atoms with Crippen LogP contribution >= 0.6 is 0 Å². The second kappa shape index (κ2) is 7.49. The van der Waals surface area contributed by atoms with Crippen LogP contribution in [0.25, 0.3) is 0 Å². The number of hydrogen-bond donors (Lipinski definition) is 3. The quantitative estimate of drug-likeness (QED) is 0.610. The molecule has 0 radical (unpaired) electrons. The summed E-state index contributed by atoms with van der Waals surface area (Å²) >= 11 is 0. The predicted molar refractivity (Wildman–Crippen MR) is 88.7 cm³/mol. The zero-order valence-corrected chi connectivity index (χ0v) is 14.5. The Balaban J connectivity index is 1.51. The van der Waals surface area contributed by atoms with Crippen LogP contribution in [0.1, 0.15) is 25.3 Å². The van der Waals surface area contributed by atoms with E-state index in [1.807, 2.05) is 6.92 Å². The summed E-state index contributed by atoms with van der Waals surface area (Å²) in [6, 6.07) is 5.12. The van der Waals surface area contributed by atoms with Crippen molar-refractivity contribution in [2.75, 3.05) is 33.3 Å². The smallest absolute Gasteiger partial charge is 0.278 e. The normalized spacial score (nSPS) is 25.1. The first-order chi connectivity index (χ1) is 11.6. The predicted octanol–water partition coefficient (Wildman–Crippen LogP) is -1.22. The van der Waals surface area contributed by atoms with Gasteiger partial charge in [-0.1, -0.05) is 0 Å². The highest BCUT2D eigenvalue weighted by Gasteiger charge is 2.33. The van der Waals surface area contributed by atoms with Crippen molar-refractivity contribution in [3.05, 3.63) is 29.6 Å². The van der Waals surface area contributed by atoms with E-state index in [1.165, 1.54) is 15.9 Å². The average molecular weight is 337 g/mol. The number of ether oxygens (including phenoxy) is 1. The molecule has 24 heavy (non-hydrogen) atoms. The standard InChI is InChI=1S/C18H26FN3O2/c1-13(18(23)20-16-4-5-16)22-9-7-21(8-10-22)12-14-11-15(19)3-6-17(14)24-2/h3,6,11,13,16H,4-5,7-10,12H2,1-2H3,(H,20,23)/p+2/t13-/m1/s1. The molecule has 1 aliphatic heterocycles. The Kier molecular flexibility index (Phi) is 5.36. The van der Waals surface area contributed by atoms with Crippen molar-refractivity contribution in [2.24, 2.45) is 0 Å². The van der Waals surface area contributed by atoms with Crippen LogP contribution in [0.15, 0.2) is 18.2 Å². The first-order valence-corrected chi connectivity index (χ1v) is 8.87. The van der Waals surface area contributed by atoms with E-state index in [0.717, 1.165) is 56.9 Å². The maximum Gasteiger partial charge on any atom is 0.278 e. The van der Waals surface area contributed by atoms with E-state index in [1.54, 1.807) is 19.2 Å². The van der Waals surface area contributed by atoms with Gasteiger partial charge in [-0.3, -0.25) is 4.79 Å². The Bertz CT molecular complexity index is 584. The van der Waals surface area contributed by atoms with Crippen LogP contribution in [0.5, 0.6) is 5.75 Å². The lowest BCUT2D eigenvalue weighted by molar-refractivity contribution is -1.02. The SMILES string of the molecule is COc1ccc(F)cc1C[NH+]1CC[NH+]([C@H](C)C(=O)NC2CC2)CC1. The largest absolute Gasteiger partial charge is 0.496 e. The van der Waals surface area contributed by atoms with Crippen LogP contribution in [0.4, 0.5) is 4.39 Å². The fourth-order valence-corrected chi connectivity index (χ4v) is 3.43. The fourth-order valence-electron chi connectivity index (χ4n) is 3.43. The van der Waals surface area contributed by atoms with E-state index in [2.05, 4.69) is 5.32 Å². The van der Waals surface area contributed by atoms with Gasteiger partial charge in [-0.05, 0) is 38.0 Å². The second-order valence-corrected chi connectivity index (χ2v) is 7.05. The van der Waals surface area contributed by atoms with Crippen LogP contribution in [-0.2, 0) is 11.3 Å². The van der Waals surface area contributed by atoms with Gasteiger partial charge in [0.2, 0.25) is 0 Å². The third-order valence-electron chi connectivity index (χ3n) is 5.21. The minimum Gasteiger partial charge on any atom is -0.496 e. The van der Waals surface area contributed by atoms with E-state index in [0.29, 0.717) is 6.04 Å². The molecule has 3 N–H and O–H groups in total. The molecule has 1 aromatic rings. The lowest BCUT2D eigenvalue weighted by atomic mass is 10.1. The molecule has 1 aromatic carbocycles. The topological polar surface area (TPSA) is 47.2 Å². The van der Waals surface area contributed by atoms with Crippen molar-refractivity contribution >= 4 is 5.91 Å². The first-order valence-electron chi connectivity index (χ1n) is 8.87. The summed E-state index contributed by atoms with van der Waals surface area (Å²) in [6.07, 6.45) is 2.25. The Hall–Kier alpha value is -1.66. The van der Waals surface area contributed by atoms with Crippen molar-refractivity contribution in [3.8, 4) is 5.75 Å². The maximum atomic E-state index is 13.5. The molecular weight excluding hydrogens is 309 g/mol. The molecule has 2 aliphatic rings. The number of hydrogen-bond acceptors (Lipinski definition) is 2. The van der Waals surface area contributed by atoms with Crippen molar-refractivity contribution in [1.82, 2.24) is 5.32 Å². The molecule has 1 amide bonds. The number of methoxy groups -OCH3 is 1. The Morgan fingerprint density at radius 2 is 2.04 bits per heavy atom. The van der Waals surface area contributed by atoms with Gasteiger partial charge >= 0.3 is 0 Å². The first kappa shape index (κ1) is 17.2. The lowest BCUT2D eigenvalue weighted by Gasteiger charge is -2.32. The molecule has 1 saturated heterocycles. The average Bonchev–Trinajstić information content (AvgIpc) is 3.39. The number of nitrogens with one attached hydrogen (secondary N) is 3. The number of carbonyl (C=O) groups is 1. The van der Waals surface area contributed by atoms with E-state index >= 15 is 0 Å². The summed E-state index contributed by atoms with van der Waals surface area (Å²) in [4.78, 5) is 15.0. The number of carbonyl (C=O) groups excluding carboxylic acids is 1. The Morgan fingerprint density at radius 3 is 2.67 bits per heavy atom. The summed E-state index contributed by atoms with van der Waals surface area (Å²) in [5.74, 6) is 0.707. The van der Waals surface area contributed by atoms with E-state index in [9.17, 15) is 9.18 Å². The van der Waals surface area contributed by atoms with Crippen LogP contribution in [-0.4, -0.2) is 51.3 Å². The highest BCUT2D eigenvalue weighted by Crippen LogP contribution is 2.19. The highest BCUT2D eigenvalue weighted by atomic mass is 19.1. The minimum absolute atomic E-state index is 0.0101. The summed E-state index contributed by atoms with van der Waals surface area (Å²) in [5, 5.41) is 3.10. The van der Waals surface area contributed by atoms with Crippen molar-refractivity contribution in [3.63, 3.8) is 0 Å². The van der Waals surface area contributed by atoms with Crippen LogP contribution in [0.2, 0.25) is 0 Å². The maximum absolute atomic E-state index is 13.5. The van der Waals surface area contributed by atoms with Gasteiger partial charge in [0.25, 0.3) is 5.91 Å². The number of amides is 1. The summed E-state index contributed by atoms with van der Waals surface area (Å²) in [6.45, 7) is 6.68. The number of benzene rings is 1. The second-order valence-electron chi connectivity index (χ2n) is 7.05. The zero-order chi connectivity index (χ0) is 17.1. The van der Waals surface area contributed by atoms with E-state index in [4.69, 9.17) is 4.74 Å². The fraction of sp³-hybridized carbons (Fsp3) is 0.611. The molecule has 0 unspecified atom stereocenters. The van der Waals surface area contributed by atoms with Crippen molar-refractivity contribution < 1.29 is 23.7 Å². The molecule has 2 fully saturated rings. The van der Waals surface area contributed by atoms with Gasteiger partial charge < -0.3 is 19.9 Å². The molecule has 6 heteroatoms. The highest BCUT2D eigenvalue weighted by molar-refractivity contribution is 5.80. The van der Waals surface area contributed by atoms with Crippen LogP contribution < -0.4 is 19.9 Å². The van der Waals surface area contributed by atoms with Gasteiger partial charge in [-0.15, -0.1) is 0 Å². The third-order valence-corrected chi connectivity index (χ3v) is 5.21. The van der Waals surface area contributed by atoms with Crippen molar-refractivity contribution in [1.29, 1.82) is 0 Å².